The van der Waals surface area contributed by atoms with E-state index in [1.807, 2.05) is 0 Å². The number of benzene rings is 2. The molecule has 0 fully saturated rings. The van der Waals surface area contributed by atoms with Crippen LogP contribution in [-0.4, -0.2) is 35.6 Å². The van der Waals surface area contributed by atoms with Crippen LogP contribution in [0.2, 0.25) is 10.0 Å². The monoisotopic (exact) mass is 501 g/mol. The van der Waals surface area contributed by atoms with Gasteiger partial charge >= 0.3 is 6.18 Å². The van der Waals surface area contributed by atoms with Crippen molar-refractivity contribution in [2.45, 2.75) is 37.4 Å². The van der Waals surface area contributed by atoms with Gasteiger partial charge in [0.2, 0.25) is 0 Å². The molecule has 0 saturated heterocycles. The zero-order valence-corrected chi connectivity index (χ0v) is 18.9. The molecular weight excluding hydrogens is 478 g/mol. The average molecular weight is 503 g/mol. The zero-order chi connectivity index (χ0) is 22.4. The Morgan fingerprint density at radius 2 is 1.52 bits per heavy atom. The molecule has 10 heteroatoms. The van der Waals surface area contributed by atoms with Crippen molar-refractivity contribution in [1.29, 1.82) is 0 Å². The van der Waals surface area contributed by atoms with Gasteiger partial charge < -0.3 is 20.7 Å². The van der Waals surface area contributed by atoms with Crippen LogP contribution in [0.15, 0.2) is 36.4 Å². The first-order chi connectivity index (χ1) is 14.1. The molecule has 0 heterocycles. The summed E-state index contributed by atoms with van der Waals surface area (Å²) in [7, 11) is 0. The zero-order valence-electron chi connectivity index (χ0n) is 16.6. The number of aliphatic hydroxyl groups is 2. The van der Waals surface area contributed by atoms with E-state index in [4.69, 9.17) is 33.7 Å². The van der Waals surface area contributed by atoms with Crippen LogP contribution < -0.4 is 10.5 Å². The lowest BCUT2D eigenvalue weighted by atomic mass is 9.93. The van der Waals surface area contributed by atoms with Crippen LogP contribution >= 0.6 is 35.6 Å². The summed E-state index contributed by atoms with van der Waals surface area (Å²) >= 11 is 11.9. The standard InChI is InChI=1S/C21H24Cl2F3NO3.ClH/c22-16-8-15(9-17(23)11-16)2-1-7-30-19-4-3-14(10-18(19)21(24,25)26)5-6-20(27,12-28)13-29;/h3-4,8-11,28-29H,1-2,5-7,12-13,27H2;1H. The van der Waals surface area contributed by atoms with Gasteiger partial charge in [0, 0.05) is 10.0 Å². The maximum atomic E-state index is 13.5. The fraction of sp³-hybridized carbons (Fsp3) is 0.429. The van der Waals surface area contributed by atoms with Crippen molar-refractivity contribution in [2.24, 2.45) is 5.73 Å². The van der Waals surface area contributed by atoms with E-state index in [1.165, 1.54) is 12.1 Å². The SMILES string of the molecule is Cl.NC(CO)(CO)CCc1ccc(OCCCc2cc(Cl)cc(Cl)c2)c(C(F)(F)F)c1. The van der Waals surface area contributed by atoms with E-state index in [0.717, 1.165) is 11.6 Å². The summed E-state index contributed by atoms with van der Waals surface area (Å²) in [6, 6.07) is 8.93. The molecule has 0 unspecified atom stereocenters. The van der Waals surface area contributed by atoms with Crippen LogP contribution in [0, 0.1) is 0 Å². The number of aryl methyl sites for hydroxylation is 2. The van der Waals surface area contributed by atoms with Gasteiger partial charge in [0.25, 0.3) is 0 Å². The first kappa shape index (κ1) is 27.8. The summed E-state index contributed by atoms with van der Waals surface area (Å²) < 4.78 is 45.8. The minimum atomic E-state index is -4.58. The molecule has 4 nitrogen and oxygen atoms in total. The molecule has 0 aliphatic heterocycles. The molecule has 0 aliphatic carbocycles. The summed E-state index contributed by atoms with van der Waals surface area (Å²) in [4.78, 5) is 0. The molecule has 2 aromatic rings. The molecule has 0 spiro atoms. The second-order valence-corrected chi connectivity index (χ2v) is 8.11. The molecule has 174 valence electrons. The van der Waals surface area contributed by atoms with Crippen molar-refractivity contribution in [2.75, 3.05) is 19.8 Å². The van der Waals surface area contributed by atoms with Crippen LogP contribution in [0.25, 0.3) is 0 Å². The summed E-state index contributed by atoms with van der Waals surface area (Å²) in [6.07, 6.45) is -3.23. The lowest BCUT2D eigenvalue weighted by Crippen LogP contribution is -2.47. The quantitative estimate of drug-likeness (QED) is 0.397. The molecule has 0 aromatic heterocycles. The van der Waals surface area contributed by atoms with Gasteiger partial charge in [-0.15, -0.1) is 12.4 Å². The predicted molar refractivity (Wildman–Crippen MR) is 118 cm³/mol. The Hall–Kier alpha value is -1.22. The third-order valence-electron chi connectivity index (χ3n) is 4.68. The Kier molecular flexibility index (Phi) is 10.9. The number of hydrogen-bond donors (Lipinski definition) is 3. The third-order valence-corrected chi connectivity index (χ3v) is 5.12. The van der Waals surface area contributed by atoms with E-state index in [2.05, 4.69) is 0 Å². The molecule has 2 aromatic carbocycles. The van der Waals surface area contributed by atoms with E-state index in [9.17, 15) is 23.4 Å². The highest BCUT2D eigenvalue weighted by atomic mass is 35.5. The van der Waals surface area contributed by atoms with Crippen molar-refractivity contribution in [3.63, 3.8) is 0 Å². The maximum Gasteiger partial charge on any atom is 0.419 e. The number of rotatable bonds is 10. The molecule has 0 bridgehead atoms. The van der Waals surface area contributed by atoms with Gasteiger partial charge in [0.1, 0.15) is 5.75 Å². The van der Waals surface area contributed by atoms with Gasteiger partial charge in [0.05, 0.1) is 30.9 Å². The lowest BCUT2D eigenvalue weighted by molar-refractivity contribution is -0.139. The Balaban J connectivity index is 0.00000480. The number of nitrogens with two attached hydrogens (primary N) is 1. The number of alkyl halides is 3. The van der Waals surface area contributed by atoms with Crippen LogP contribution in [-0.2, 0) is 19.0 Å². The Labute approximate surface area is 195 Å². The summed E-state index contributed by atoms with van der Waals surface area (Å²) in [5.41, 5.74) is 4.93. The number of ether oxygens (including phenoxy) is 1. The van der Waals surface area contributed by atoms with Crippen molar-refractivity contribution < 1.29 is 28.1 Å². The number of aliphatic hydroxyl groups excluding tert-OH is 2. The first-order valence-electron chi connectivity index (χ1n) is 9.35. The third kappa shape index (κ3) is 8.67. The van der Waals surface area contributed by atoms with Gasteiger partial charge in [-0.25, -0.2) is 0 Å². The van der Waals surface area contributed by atoms with Gasteiger partial charge in [-0.3, -0.25) is 0 Å². The highest BCUT2D eigenvalue weighted by molar-refractivity contribution is 6.34. The smallest absolute Gasteiger partial charge is 0.419 e. The minimum absolute atomic E-state index is 0. The first-order valence-corrected chi connectivity index (χ1v) is 10.1. The second kappa shape index (κ2) is 12.1. The lowest BCUT2D eigenvalue weighted by Gasteiger charge is -2.24. The fourth-order valence-corrected chi connectivity index (χ4v) is 3.47. The van der Waals surface area contributed by atoms with Gasteiger partial charge in [-0.2, -0.15) is 13.2 Å². The molecule has 0 amide bonds. The summed E-state index contributed by atoms with van der Waals surface area (Å²) in [5, 5.41) is 19.4. The van der Waals surface area contributed by atoms with E-state index in [-0.39, 0.29) is 37.6 Å². The molecule has 0 radical (unpaired) electrons. The molecule has 4 N–H and O–H groups in total. The molecule has 0 aliphatic rings. The molecule has 2 rings (SSSR count). The van der Waals surface area contributed by atoms with Crippen molar-refractivity contribution >= 4 is 35.6 Å². The minimum Gasteiger partial charge on any atom is -0.493 e. The summed E-state index contributed by atoms with van der Waals surface area (Å²) in [6.45, 7) is -0.836. The Bertz CT molecular complexity index is 826. The van der Waals surface area contributed by atoms with E-state index in [0.29, 0.717) is 28.5 Å². The normalized spacial score (nSPS) is 11.9. The van der Waals surface area contributed by atoms with Crippen molar-refractivity contribution in [3.8, 4) is 5.75 Å². The fourth-order valence-electron chi connectivity index (χ4n) is 2.90. The Morgan fingerprint density at radius 3 is 2.06 bits per heavy atom. The summed E-state index contributed by atoms with van der Waals surface area (Å²) in [5.74, 6) is -0.251. The molecule has 31 heavy (non-hydrogen) atoms. The highest BCUT2D eigenvalue weighted by Gasteiger charge is 2.35. The van der Waals surface area contributed by atoms with Crippen LogP contribution in [0.4, 0.5) is 13.2 Å². The highest BCUT2D eigenvalue weighted by Crippen LogP contribution is 2.37. The topological polar surface area (TPSA) is 75.7 Å². The molecular formula is C21H25Cl3F3NO3. The van der Waals surface area contributed by atoms with Gasteiger partial charge in [-0.1, -0.05) is 29.3 Å². The van der Waals surface area contributed by atoms with Crippen LogP contribution in [0.1, 0.15) is 29.5 Å². The van der Waals surface area contributed by atoms with E-state index < -0.39 is 30.5 Å². The average Bonchev–Trinajstić information content (AvgIpc) is 2.68. The number of halogens is 6. The van der Waals surface area contributed by atoms with E-state index >= 15 is 0 Å². The van der Waals surface area contributed by atoms with E-state index in [1.54, 1.807) is 18.2 Å². The van der Waals surface area contributed by atoms with Crippen LogP contribution in [0.5, 0.6) is 5.75 Å². The molecule has 0 atom stereocenters. The maximum absolute atomic E-state index is 13.5. The predicted octanol–water partition coefficient (Wildman–Crippen LogP) is 5.06. The molecule has 0 saturated carbocycles. The second-order valence-electron chi connectivity index (χ2n) is 7.24. The number of hydrogen-bond acceptors (Lipinski definition) is 4. The largest absolute Gasteiger partial charge is 0.493 e. The van der Waals surface area contributed by atoms with Gasteiger partial charge in [0.15, 0.2) is 0 Å². The van der Waals surface area contributed by atoms with Crippen molar-refractivity contribution in [1.82, 2.24) is 0 Å². The Morgan fingerprint density at radius 1 is 0.903 bits per heavy atom. The van der Waals surface area contributed by atoms with Crippen molar-refractivity contribution in [3.05, 3.63) is 63.1 Å². The van der Waals surface area contributed by atoms with Crippen LogP contribution in [0.3, 0.4) is 0 Å². The van der Waals surface area contributed by atoms with Gasteiger partial charge in [-0.05, 0) is 67.1 Å².